The van der Waals surface area contributed by atoms with Crippen LogP contribution in [0.4, 0.5) is 13.2 Å². The first-order chi connectivity index (χ1) is 16.8. The average molecular weight is 519 g/mol. The van der Waals surface area contributed by atoms with Crippen molar-refractivity contribution in [3.63, 3.8) is 0 Å². The van der Waals surface area contributed by atoms with Gasteiger partial charge in [-0.05, 0) is 71.3 Å². The van der Waals surface area contributed by atoms with Gasteiger partial charge in [-0.3, -0.25) is 4.79 Å². The highest BCUT2D eigenvalue weighted by Gasteiger charge is 2.39. The molecule has 1 unspecified atom stereocenters. The highest BCUT2D eigenvalue weighted by Crippen LogP contribution is 2.44. The molecule has 36 heavy (non-hydrogen) atoms. The van der Waals surface area contributed by atoms with Crippen molar-refractivity contribution in [1.82, 2.24) is 0 Å². The standard InChI is InChI=1S/C28H29F3O4S/c1-5-35-27(32)25(15-18(2)3)24-16-22(19-9-7-6-8-10-19)23(17-26(24)28(29,30)31)20-11-13-21(14-12-20)36(4,33)34/h6-14,16-18,25H,5,15H2,1-4H3. The van der Waals surface area contributed by atoms with Gasteiger partial charge in [-0.1, -0.05) is 56.3 Å². The van der Waals surface area contributed by atoms with Crippen molar-refractivity contribution in [2.75, 3.05) is 12.9 Å². The predicted octanol–water partition coefficient (Wildman–Crippen LogP) is 7.14. The molecule has 0 aliphatic carbocycles. The van der Waals surface area contributed by atoms with Crippen molar-refractivity contribution < 1.29 is 31.1 Å². The van der Waals surface area contributed by atoms with E-state index in [1.54, 1.807) is 37.3 Å². The van der Waals surface area contributed by atoms with Crippen molar-refractivity contribution >= 4 is 15.8 Å². The Morgan fingerprint density at radius 3 is 1.97 bits per heavy atom. The van der Waals surface area contributed by atoms with E-state index in [1.807, 2.05) is 13.8 Å². The Morgan fingerprint density at radius 1 is 0.917 bits per heavy atom. The molecule has 0 heterocycles. The predicted molar refractivity (Wildman–Crippen MR) is 134 cm³/mol. The van der Waals surface area contributed by atoms with Gasteiger partial charge >= 0.3 is 12.1 Å². The van der Waals surface area contributed by atoms with Crippen LogP contribution < -0.4 is 0 Å². The van der Waals surface area contributed by atoms with Gasteiger partial charge in [-0.25, -0.2) is 8.42 Å². The van der Waals surface area contributed by atoms with Crippen LogP contribution in [-0.2, 0) is 25.5 Å². The number of hydrogen-bond acceptors (Lipinski definition) is 4. The molecular weight excluding hydrogens is 489 g/mol. The number of halogens is 3. The summed E-state index contributed by atoms with van der Waals surface area (Å²) < 4.78 is 72.2. The summed E-state index contributed by atoms with van der Waals surface area (Å²) >= 11 is 0. The second-order valence-electron chi connectivity index (χ2n) is 9.08. The van der Waals surface area contributed by atoms with Gasteiger partial charge in [0.2, 0.25) is 0 Å². The molecule has 0 saturated heterocycles. The Labute approximate surface area is 210 Å². The molecule has 0 bridgehead atoms. The molecule has 192 valence electrons. The molecule has 8 heteroatoms. The number of sulfone groups is 1. The summed E-state index contributed by atoms with van der Waals surface area (Å²) in [7, 11) is -3.47. The zero-order chi connectivity index (χ0) is 26.7. The van der Waals surface area contributed by atoms with Gasteiger partial charge in [0.1, 0.15) is 0 Å². The first kappa shape index (κ1) is 27.5. The topological polar surface area (TPSA) is 60.4 Å². The number of esters is 1. The Hall–Kier alpha value is -3.13. The van der Waals surface area contributed by atoms with Crippen LogP contribution in [0.2, 0.25) is 0 Å². The summed E-state index contributed by atoms with van der Waals surface area (Å²) in [6.45, 7) is 5.36. The van der Waals surface area contributed by atoms with Crippen molar-refractivity contribution in [2.45, 2.75) is 44.2 Å². The minimum atomic E-state index is -4.73. The third-order valence-electron chi connectivity index (χ3n) is 5.83. The lowest BCUT2D eigenvalue weighted by Gasteiger charge is -2.25. The maximum absolute atomic E-state index is 14.4. The van der Waals surface area contributed by atoms with E-state index in [9.17, 15) is 26.4 Å². The van der Waals surface area contributed by atoms with Crippen LogP contribution in [-0.4, -0.2) is 27.2 Å². The SMILES string of the molecule is CCOC(=O)C(CC(C)C)c1cc(-c2ccccc2)c(-c2ccc(S(C)(=O)=O)cc2)cc1C(F)(F)F. The second-order valence-corrected chi connectivity index (χ2v) is 11.1. The smallest absolute Gasteiger partial charge is 0.416 e. The van der Waals surface area contributed by atoms with E-state index in [1.165, 1.54) is 30.3 Å². The second kappa shape index (κ2) is 10.9. The Kier molecular flexibility index (Phi) is 8.29. The van der Waals surface area contributed by atoms with E-state index in [0.717, 1.165) is 12.3 Å². The first-order valence-electron chi connectivity index (χ1n) is 11.6. The molecule has 0 amide bonds. The maximum atomic E-state index is 14.4. The fourth-order valence-corrected chi connectivity index (χ4v) is 4.82. The van der Waals surface area contributed by atoms with Crippen LogP contribution in [0.15, 0.2) is 71.6 Å². The molecule has 3 rings (SSSR count). The van der Waals surface area contributed by atoms with Gasteiger partial charge in [0, 0.05) is 6.26 Å². The molecule has 1 atom stereocenters. The molecule has 0 aromatic heterocycles. The van der Waals surface area contributed by atoms with Crippen molar-refractivity contribution in [1.29, 1.82) is 0 Å². The lowest BCUT2D eigenvalue weighted by molar-refractivity contribution is -0.146. The van der Waals surface area contributed by atoms with Crippen molar-refractivity contribution in [3.8, 4) is 22.3 Å². The molecule has 0 radical (unpaired) electrons. The third-order valence-corrected chi connectivity index (χ3v) is 6.96. The molecular formula is C28H29F3O4S. The Balaban J connectivity index is 2.35. The summed E-state index contributed by atoms with van der Waals surface area (Å²) in [5.74, 6) is -1.84. The molecule has 3 aromatic carbocycles. The number of carbonyl (C=O) groups is 1. The van der Waals surface area contributed by atoms with Crippen LogP contribution in [0.1, 0.15) is 44.2 Å². The summed E-state index contributed by atoms with van der Waals surface area (Å²) in [6.07, 6.45) is -3.47. The lowest BCUT2D eigenvalue weighted by atomic mass is 9.82. The van der Waals surface area contributed by atoms with Crippen LogP contribution in [0.25, 0.3) is 22.3 Å². The highest BCUT2D eigenvalue weighted by atomic mass is 32.2. The number of benzene rings is 3. The maximum Gasteiger partial charge on any atom is 0.416 e. The van der Waals surface area contributed by atoms with E-state index in [0.29, 0.717) is 16.7 Å². The Bertz CT molecular complexity index is 1310. The van der Waals surface area contributed by atoms with Crippen LogP contribution in [0.5, 0.6) is 0 Å². The molecule has 0 aliphatic rings. The summed E-state index contributed by atoms with van der Waals surface area (Å²) in [5.41, 5.74) is 0.831. The molecule has 3 aromatic rings. The van der Waals surface area contributed by atoms with E-state index >= 15 is 0 Å². The quantitative estimate of drug-likeness (QED) is 0.298. The summed E-state index contributed by atoms with van der Waals surface area (Å²) in [5, 5.41) is 0. The third kappa shape index (κ3) is 6.35. The molecule has 0 spiro atoms. The van der Waals surface area contributed by atoms with Crippen molar-refractivity contribution in [2.24, 2.45) is 5.92 Å². The molecule has 0 fully saturated rings. The zero-order valence-corrected chi connectivity index (χ0v) is 21.4. The normalized spacial score (nSPS) is 13.0. The van der Waals surface area contributed by atoms with Gasteiger partial charge in [0.15, 0.2) is 9.84 Å². The molecule has 0 aliphatic heterocycles. The van der Waals surface area contributed by atoms with E-state index in [2.05, 4.69) is 0 Å². The number of ether oxygens (including phenoxy) is 1. The van der Waals surface area contributed by atoms with Gasteiger partial charge in [0.05, 0.1) is 23.0 Å². The van der Waals surface area contributed by atoms with E-state index < -0.39 is 33.5 Å². The van der Waals surface area contributed by atoms with Gasteiger partial charge < -0.3 is 4.74 Å². The number of carbonyl (C=O) groups excluding carboxylic acids is 1. The number of rotatable bonds is 8. The molecule has 4 nitrogen and oxygen atoms in total. The molecule has 0 N–H and O–H groups in total. The monoisotopic (exact) mass is 518 g/mol. The van der Waals surface area contributed by atoms with Crippen molar-refractivity contribution in [3.05, 3.63) is 77.9 Å². The lowest BCUT2D eigenvalue weighted by Crippen LogP contribution is -2.22. The van der Waals surface area contributed by atoms with Gasteiger partial charge in [-0.2, -0.15) is 13.2 Å². The molecule has 0 saturated carbocycles. The average Bonchev–Trinajstić information content (AvgIpc) is 2.81. The van der Waals surface area contributed by atoms with Crippen LogP contribution in [0.3, 0.4) is 0 Å². The van der Waals surface area contributed by atoms with Gasteiger partial charge in [-0.15, -0.1) is 0 Å². The summed E-state index contributed by atoms with van der Waals surface area (Å²) in [4.78, 5) is 12.9. The Morgan fingerprint density at radius 2 is 1.47 bits per heavy atom. The number of alkyl halides is 3. The summed E-state index contributed by atoms with van der Waals surface area (Å²) in [6, 6.07) is 17.1. The van der Waals surface area contributed by atoms with Gasteiger partial charge in [0.25, 0.3) is 0 Å². The zero-order valence-electron chi connectivity index (χ0n) is 20.6. The first-order valence-corrected chi connectivity index (χ1v) is 13.5. The van der Waals surface area contributed by atoms with Crippen LogP contribution >= 0.6 is 0 Å². The van der Waals surface area contributed by atoms with E-state index in [-0.39, 0.29) is 35.0 Å². The largest absolute Gasteiger partial charge is 0.466 e. The highest BCUT2D eigenvalue weighted by molar-refractivity contribution is 7.90. The fourth-order valence-electron chi connectivity index (χ4n) is 4.19. The minimum Gasteiger partial charge on any atom is -0.466 e. The minimum absolute atomic E-state index is 0.0520. The van der Waals surface area contributed by atoms with E-state index in [4.69, 9.17) is 4.74 Å². The van der Waals surface area contributed by atoms with Crippen LogP contribution in [0, 0.1) is 5.92 Å². The fraction of sp³-hybridized carbons (Fsp3) is 0.321. The number of hydrogen-bond donors (Lipinski definition) is 0.